The number of nitrogens with zero attached hydrogens (tertiary/aromatic N) is 1. The summed E-state index contributed by atoms with van der Waals surface area (Å²) in [5.41, 5.74) is 3.38. The SMILES string of the molecule is CC(C)(C)[Si](C)(C)OCCNc1cc(C(=O)NN)c2cccc(Br)c2n1. The van der Waals surface area contributed by atoms with Gasteiger partial charge in [0.25, 0.3) is 5.91 Å². The first-order chi connectivity index (χ1) is 12.1. The van der Waals surface area contributed by atoms with Crippen molar-refractivity contribution in [3.8, 4) is 0 Å². The second-order valence-electron chi connectivity index (χ2n) is 7.70. The lowest BCUT2D eigenvalue weighted by atomic mass is 10.1. The van der Waals surface area contributed by atoms with E-state index in [-0.39, 0.29) is 10.9 Å². The van der Waals surface area contributed by atoms with Crippen molar-refractivity contribution in [2.45, 2.75) is 38.9 Å². The summed E-state index contributed by atoms with van der Waals surface area (Å²) in [5.74, 6) is 5.59. The maximum absolute atomic E-state index is 12.1. The number of halogens is 1. The van der Waals surface area contributed by atoms with Crippen molar-refractivity contribution in [1.29, 1.82) is 0 Å². The standard InChI is InChI=1S/C18H27BrN4O2Si/c1-18(2,3)26(4,5)25-10-9-21-15-11-13(17(24)23-20)12-7-6-8-14(19)16(12)22-15/h6-8,11H,9-10,20H2,1-5H3,(H,21,22)(H,23,24). The minimum Gasteiger partial charge on any atom is -0.415 e. The molecule has 0 aliphatic carbocycles. The first kappa shape index (κ1) is 20.8. The summed E-state index contributed by atoms with van der Waals surface area (Å²) in [4.78, 5) is 16.7. The molecule has 0 fully saturated rings. The minimum atomic E-state index is -1.78. The van der Waals surface area contributed by atoms with Gasteiger partial charge in [-0.3, -0.25) is 10.2 Å². The van der Waals surface area contributed by atoms with E-state index in [4.69, 9.17) is 10.3 Å². The van der Waals surface area contributed by atoms with Gasteiger partial charge in [0.05, 0.1) is 17.7 Å². The highest BCUT2D eigenvalue weighted by Crippen LogP contribution is 2.36. The van der Waals surface area contributed by atoms with Crippen LogP contribution in [0.4, 0.5) is 5.82 Å². The molecule has 0 unspecified atom stereocenters. The molecule has 2 aromatic rings. The van der Waals surface area contributed by atoms with E-state index in [2.05, 4.69) is 65.5 Å². The summed E-state index contributed by atoms with van der Waals surface area (Å²) in [7, 11) is -1.78. The van der Waals surface area contributed by atoms with Crippen LogP contribution >= 0.6 is 15.9 Å². The van der Waals surface area contributed by atoms with Crippen molar-refractivity contribution in [2.24, 2.45) is 5.84 Å². The molecule has 0 radical (unpaired) electrons. The van der Waals surface area contributed by atoms with Crippen LogP contribution in [0.2, 0.25) is 18.1 Å². The molecule has 142 valence electrons. The van der Waals surface area contributed by atoms with Gasteiger partial charge in [-0.15, -0.1) is 0 Å². The Hall–Kier alpha value is -1.48. The minimum absolute atomic E-state index is 0.172. The number of hydrazine groups is 1. The molecule has 0 atom stereocenters. The fourth-order valence-corrected chi connectivity index (χ4v) is 3.77. The number of nitrogens with one attached hydrogen (secondary N) is 2. The lowest BCUT2D eigenvalue weighted by molar-refractivity contribution is 0.0955. The number of para-hydroxylation sites is 1. The summed E-state index contributed by atoms with van der Waals surface area (Å²) in [5, 5.41) is 4.17. The summed E-state index contributed by atoms with van der Waals surface area (Å²) in [6.45, 7) is 12.3. The average molecular weight is 439 g/mol. The van der Waals surface area contributed by atoms with Crippen molar-refractivity contribution in [3.05, 3.63) is 34.3 Å². The van der Waals surface area contributed by atoms with Gasteiger partial charge in [0.15, 0.2) is 8.32 Å². The largest absolute Gasteiger partial charge is 0.415 e. The Bertz CT molecular complexity index is 806. The third-order valence-electron chi connectivity index (χ3n) is 4.84. The number of carbonyl (C=O) groups excluding carboxylic acids is 1. The summed E-state index contributed by atoms with van der Waals surface area (Å²) < 4.78 is 6.99. The summed E-state index contributed by atoms with van der Waals surface area (Å²) in [6, 6.07) is 7.32. The number of nitrogen functional groups attached to an aromatic ring is 1. The van der Waals surface area contributed by atoms with Gasteiger partial charge in [0.1, 0.15) is 5.82 Å². The molecule has 2 rings (SSSR count). The molecule has 1 aromatic carbocycles. The smallest absolute Gasteiger partial charge is 0.265 e. The van der Waals surface area contributed by atoms with E-state index >= 15 is 0 Å². The normalized spacial score (nSPS) is 12.3. The third-order valence-corrected chi connectivity index (χ3v) is 10.0. The molecule has 0 bridgehead atoms. The van der Waals surface area contributed by atoms with Gasteiger partial charge in [-0.1, -0.05) is 32.9 Å². The van der Waals surface area contributed by atoms with Crippen LogP contribution in [0.1, 0.15) is 31.1 Å². The molecular formula is C18H27BrN4O2Si. The molecule has 0 spiro atoms. The molecule has 8 heteroatoms. The Labute approximate surface area is 164 Å². The highest BCUT2D eigenvalue weighted by molar-refractivity contribution is 9.10. The topological polar surface area (TPSA) is 89.3 Å². The van der Waals surface area contributed by atoms with Crippen LogP contribution < -0.4 is 16.6 Å². The van der Waals surface area contributed by atoms with Crippen molar-refractivity contribution < 1.29 is 9.22 Å². The molecule has 0 saturated carbocycles. The predicted octanol–water partition coefficient (Wildman–Crippen LogP) is 4.03. The number of aromatic nitrogens is 1. The van der Waals surface area contributed by atoms with E-state index in [1.54, 1.807) is 6.07 Å². The number of benzene rings is 1. The van der Waals surface area contributed by atoms with Gasteiger partial charge in [-0.05, 0) is 46.2 Å². The van der Waals surface area contributed by atoms with Crippen molar-refractivity contribution in [3.63, 3.8) is 0 Å². The zero-order valence-electron chi connectivity index (χ0n) is 15.9. The van der Waals surface area contributed by atoms with E-state index in [9.17, 15) is 4.79 Å². The number of fused-ring (bicyclic) bond motifs is 1. The van der Waals surface area contributed by atoms with Gasteiger partial charge >= 0.3 is 0 Å². The van der Waals surface area contributed by atoms with Crippen LogP contribution in [-0.4, -0.2) is 32.4 Å². The van der Waals surface area contributed by atoms with Gasteiger partial charge < -0.3 is 9.74 Å². The second-order valence-corrected chi connectivity index (χ2v) is 13.4. The number of rotatable bonds is 6. The number of hydrogen-bond donors (Lipinski definition) is 3. The van der Waals surface area contributed by atoms with Gasteiger partial charge in [0, 0.05) is 16.4 Å². The van der Waals surface area contributed by atoms with E-state index in [0.717, 1.165) is 9.86 Å². The number of carbonyl (C=O) groups is 1. The molecule has 1 heterocycles. The fraction of sp³-hybridized carbons (Fsp3) is 0.444. The van der Waals surface area contributed by atoms with E-state index in [1.807, 2.05) is 18.2 Å². The Morgan fingerprint density at radius 1 is 1.35 bits per heavy atom. The third kappa shape index (κ3) is 4.62. The number of nitrogens with two attached hydrogens (primary N) is 1. The van der Waals surface area contributed by atoms with Gasteiger partial charge in [-0.25, -0.2) is 10.8 Å². The van der Waals surface area contributed by atoms with E-state index < -0.39 is 8.32 Å². The molecule has 26 heavy (non-hydrogen) atoms. The molecule has 1 amide bonds. The molecular weight excluding hydrogens is 412 g/mol. The van der Waals surface area contributed by atoms with E-state index in [0.29, 0.717) is 30.0 Å². The number of anilines is 1. The molecule has 0 saturated heterocycles. The maximum Gasteiger partial charge on any atom is 0.265 e. The maximum atomic E-state index is 12.1. The lowest BCUT2D eigenvalue weighted by Crippen LogP contribution is -2.41. The Balaban J connectivity index is 2.18. The zero-order chi connectivity index (χ0) is 19.5. The number of pyridine rings is 1. The highest BCUT2D eigenvalue weighted by atomic mass is 79.9. The molecule has 6 nitrogen and oxygen atoms in total. The van der Waals surface area contributed by atoms with Crippen molar-refractivity contribution >= 4 is 46.9 Å². The first-order valence-electron chi connectivity index (χ1n) is 8.55. The van der Waals surface area contributed by atoms with Crippen LogP contribution in [-0.2, 0) is 4.43 Å². The molecule has 0 aliphatic rings. The van der Waals surface area contributed by atoms with E-state index in [1.165, 1.54) is 0 Å². The second kappa shape index (κ2) is 8.04. The molecule has 1 aromatic heterocycles. The highest BCUT2D eigenvalue weighted by Gasteiger charge is 2.36. The van der Waals surface area contributed by atoms with Gasteiger partial charge in [-0.2, -0.15) is 0 Å². The number of hydrogen-bond acceptors (Lipinski definition) is 5. The van der Waals surface area contributed by atoms with Crippen molar-refractivity contribution in [2.75, 3.05) is 18.5 Å². The Morgan fingerprint density at radius 3 is 2.65 bits per heavy atom. The quantitative estimate of drug-likeness (QED) is 0.208. The number of amides is 1. The zero-order valence-corrected chi connectivity index (χ0v) is 18.5. The Kier molecular flexibility index (Phi) is 6.44. The van der Waals surface area contributed by atoms with Crippen LogP contribution in [0, 0.1) is 0 Å². The summed E-state index contributed by atoms with van der Waals surface area (Å²) >= 11 is 3.49. The average Bonchev–Trinajstić information content (AvgIpc) is 2.57. The fourth-order valence-electron chi connectivity index (χ4n) is 2.27. The molecule has 0 aliphatic heterocycles. The molecule has 4 N–H and O–H groups in total. The lowest BCUT2D eigenvalue weighted by Gasteiger charge is -2.36. The van der Waals surface area contributed by atoms with Gasteiger partial charge in [0.2, 0.25) is 0 Å². The van der Waals surface area contributed by atoms with Crippen LogP contribution in [0.15, 0.2) is 28.7 Å². The van der Waals surface area contributed by atoms with Crippen LogP contribution in [0.5, 0.6) is 0 Å². The monoisotopic (exact) mass is 438 g/mol. The Morgan fingerprint density at radius 2 is 2.04 bits per heavy atom. The summed E-state index contributed by atoms with van der Waals surface area (Å²) in [6.07, 6.45) is 0. The first-order valence-corrected chi connectivity index (χ1v) is 12.2. The van der Waals surface area contributed by atoms with Crippen LogP contribution in [0.25, 0.3) is 10.9 Å². The van der Waals surface area contributed by atoms with Crippen LogP contribution in [0.3, 0.4) is 0 Å². The van der Waals surface area contributed by atoms with Crippen molar-refractivity contribution in [1.82, 2.24) is 10.4 Å². The predicted molar refractivity (Wildman–Crippen MR) is 113 cm³/mol.